The second-order valence-corrected chi connectivity index (χ2v) is 3.56. The molecule has 1 aliphatic rings. The number of anilines is 1. The Morgan fingerprint density at radius 2 is 2.36 bits per heavy atom. The second-order valence-electron chi connectivity index (χ2n) is 3.56. The average molecular weight is 191 g/mol. The van der Waals surface area contributed by atoms with Crippen LogP contribution in [0.3, 0.4) is 0 Å². The van der Waals surface area contributed by atoms with E-state index in [0.29, 0.717) is 18.9 Å². The molecule has 74 valence electrons. The normalized spacial score (nSPS) is 17.2. The quantitative estimate of drug-likeness (QED) is 0.663. The van der Waals surface area contributed by atoms with Crippen molar-refractivity contribution < 1.29 is 4.79 Å². The van der Waals surface area contributed by atoms with Crippen LogP contribution >= 0.6 is 0 Å². The summed E-state index contributed by atoms with van der Waals surface area (Å²) in [6.45, 7) is 3.27. The van der Waals surface area contributed by atoms with Gasteiger partial charge < -0.3 is 4.90 Å². The van der Waals surface area contributed by atoms with Crippen LogP contribution in [0, 0.1) is 6.92 Å². The molecule has 1 saturated heterocycles. The molecular formula is C10H13N3O. The Bertz CT molecular complexity index is 351. The smallest absolute Gasteiger partial charge is 0.225 e. The Hall–Kier alpha value is -1.45. The van der Waals surface area contributed by atoms with Gasteiger partial charge in [0.15, 0.2) is 5.78 Å². The molecule has 1 aromatic rings. The zero-order valence-electron chi connectivity index (χ0n) is 8.23. The van der Waals surface area contributed by atoms with Crippen LogP contribution in [0.5, 0.6) is 0 Å². The van der Waals surface area contributed by atoms with Crippen LogP contribution in [0.4, 0.5) is 5.95 Å². The fourth-order valence-corrected chi connectivity index (χ4v) is 1.60. The molecule has 2 heterocycles. The Labute approximate surface area is 83.0 Å². The maximum atomic E-state index is 11.2. The molecule has 0 saturated carbocycles. The van der Waals surface area contributed by atoms with E-state index in [-0.39, 0.29) is 5.78 Å². The fourth-order valence-electron chi connectivity index (χ4n) is 1.60. The van der Waals surface area contributed by atoms with Crippen LogP contribution in [0.15, 0.2) is 12.3 Å². The highest BCUT2D eigenvalue weighted by molar-refractivity contribution is 5.84. The highest BCUT2D eigenvalue weighted by Gasteiger charge is 2.18. The molecule has 0 aliphatic carbocycles. The molecule has 4 nitrogen and oxygen atoms in total. The highest BCUT2D eigenvalue weighted by atomic mass is 16.1. The minimum atomic E-state index is 0.279. The number of carbonyl (C=O) groups is 1. The van der Waals surface area contributed by atoms with Crippen LogP contribution < -0.4 is 4.90 Å². The summed E-state index contributed by atoms with van der Waals surface area (Å²) < 4.78 is 0. The Morgan fingerprint density at radius 1 is 1.50 bits per heavy atom. The number of carbonyl (C=O) groups excluding carboxylic acids is 1. The molecule has 4 heteroatoms. The van der Waals surface area contributed by atoms with Gasteiger partial charge in [0.2, 0.25) is 5.95 Å². The number of Topliss-reactive ketones (excluding diaryl/α,β-unsaturated/α-hetero) is 1. The number of hydrogen-bond acceptors (Lipinski definition) is 4. The lowest BCUT2D eigenvalue weighted by molar-refractivity contribution is -0.118. The first-order chi connectivity index (χ1) is 6.75. The SMILES string of the molecule is Cc1ccnc(N2CCCC(=O)C2)n1. The van der Waals surface area contributed by atoms with E-state index in [0.717, 1.165) is 18.7 Å². The minimum Gasteiger partial charge on any atom is -0.333 e. The van der Waals surface area contributed by atoms with E-state index in [2.05, 4.69) is 9.97 Å². The van der Waals surface area contributed by atoms with Gasteiger partial charge in [-0.15, -0.1) is 0 Å². The minimum absolute atomic E-state index is 0.279. The van der Waals surface area contributed by atoms with Crippen molar-refractivity contribution in [1.29, 1.82) is 0 Å². The fraction of sp³-hybridized carbons (Fsp3) is 0.500. The second kappa shape index (κ2) is 3.74. The lowest BCUT2D eigenvalue weighted by atomic mass is 10.1. The van der Waals surface area contributed by atoms with E-state index in [9.17, 15) is 4.79 Å². The maximum absolute atomic E-state index is 11.2. The van der Waals surface area contributed by atoms with Crippen molar-refractivity contribution in [2.45, 2.75) is 19.8 Å². The topological polar surface area (TPSA) is 46.1 Å². The summed E-state index contributed by atoms with van der Waals surface area (Å²) in [5.74, 6) is 0.958. The zero-order chi connectivity index (χ0) is 9.97. The van der Waals surface area contributed by atoms with E-state index in [1.165, 1.54) is 0 Å². The number of aryl methyl sites for hydroxylation is 1. The van der Waals surface area contributed by atoms with Crippen molar-refractivity contribution in [2.75, 3.05) is 18.0 Å². The molecule has 0 spiro atoms. The lowest BCUT2D eigenvalue weighted by Gasteiger charge is -2.25. The number of piperidine rings is 1. The standard InChI is InChI=1S/C10H13N3O/c1-8-4-5-11-10(12-8)13-6-2-3-9(14)7-13/h4-5H,2-3,6-7H2,1H3. The summed E-state index contributed by atoms with van der Waals surface area (Å²) in [6, 6.07) is 1.86. The summed E-state index contributed by atoms with van der Waals surface area (Å²) in [5.41, 5.74) is 0.938. The number of rotatable bonds is 1. The largest absolute Gasteiger partial charge is 0.333 e. The Morgan fingerprint density at radius 3 is 3.07 bits per heavy atom. The number of aromatic nitrogens is 2. The molecule has 1 aromatic heterocycles. The summed E-state index contributed by atoms with van der Waals surface area (Å²) in [6.07, 6.45) is 3.34. The van der Waals surface area contributed by atoms with E-state index in [4.69, 9.17) is 0 Å². The Kier molecular flexibility index (Phi) is 2.43. The van der Waals surface area contributed by atoms with E-state index in [1.54, 1.807) is 6.20 Å². The van der Waals surface area contributed by atoms with E-state index >= 15 is 0 Å². The molecule has 0 aromatic carbocycles. The van der Waals surface area contributed by atoms with Crippen molar-refractivity contribution in [3.05, 3.63) is 18.0 Å². The van der Waals surface area contributed by atoms with Crippen molar-refractivity contribution in [1.82, 2.24) is 9.97 Å². The van der Waals surface area contributed by atoms with Gasteiger partial charge in [0, 0.05) is 24.9 Å². The highest BCUT2D eigenvalue weighted by Crippen LogP contribution is 2.13. The monoisotopic (exact) mass is 191 g/mol. The van der Waals surface area contributed by atoms with Gasteiger partial charge >= 0.3 is 0 Å². The summed E-state index contributed by atoms with van der Waals surface area (Å²) in [5, 5.41) is 0. The third-order valence-corrected chi connectivity index (χ3v) is 2.32. The molecule has 0 radical (unpaired) electrons. The number of nitrogens with zero attached hydrogens (tertiary/aromatic N) is 3. The van der Waals surface area contributed by atoms with Crippen molar-refractivity contribution >= 4 is 11.7 Å². The van der Waals surface area contributed by atoms with Gasteiger partial charge in [0.1, 0.15) is 0 Å². The van der Waals surface area contributed by atoms with Gasteiger partial charge in [-0.05, 0) is 19.4 Å². The molecule has 1 fully saturated rings. The van der Waals surface area contributed by atoms with E-state index in [1.807, 2.05) is 17.9 Å². The predicted molar refractivity (Wildman–Crippen MR) is 53.2 cm³/mol. The third-order valence-electron chi connectivity index (χ3n) is 2.32. The van der Waals surface area contributed by atoms with Crippen LogP contribution in [0.2, 0.25) is 0 Å². The first-order valence-electron chi connectivity index (χ1n) is 4.82. The van der Waals surface area contributed by atoms with Crippen molar-refractivity contribution in [3.63, 3.8) is 0 Å². The lowest BCUT2D eigenvalue weighted by Crippen LogP contribution is -2.36. The van der Waals surface area contributed by atoms with Crippen molar-refractivity contribution in [3.8, 4) is 0 Å². The third kappa shape index (κ3) is 1.89. The molecule has 14 heavy (non-hydrogen) atoms. The zero-order valence-corrected chi connectivity index (χ0v) is 8.23. The van der Waals surface area contributed by atoms with Crippen LogP contribution in [0.1, 0.15) is 18.5 Å². The summed E-state index contributed by atoms with van der Waals surface area (Å²) >= 11 is 0. The van der Waals surface area contributed by atoms with Crippen LogP contribution in [0.25, 0.3) is 0 Å². The first kappa shape index (κ1) is 9.12. The van der Waals surface area contributed by atoms with Gasteiger partial charge in [-0.1, -0.05) is 0 Å². The first-order valence-corrected chi connectivity index (χ1v) is 4.82. The predicted octanol–water partition coefficient (Wildman–Crippen LogP) is 0.954. The summed E-state index contributed by atoms with van der Waals surface area (Å²) in [4.78, 5) is 21.6. The van der Waals surface area contributed by atoms with Gasteiger partial charge in [-0.25, -0.2) is 9.97 Å². The van der Waals surface area contributed by atoms with Gasteiger partial charge in [-0.3, -0.25) is 4.79 Å². The Balaban J connectivity index is 2.17. The van der Waals surface area contributed by atoms with Gasteiger partial charge in [0.25, 0.3) is 0 Å². The number of ketones is 1. The van der Waals surface area contributed by atoms with Crippen molar-refractivity contribution in [2.24, 2.45) is 0 Å². The molecule has 2 rings (SSSR count). The average Bonchev–Trinajstić information content (AvgIpc) is 2.18. The van der Waals surface area contributed by atoms with Crippen LogP contribution in [-0.4, -0.2) is 28.8 Å². The molecule has 0 bridgehead atoms. The molecular weight excluding hydrogens is 178 g/mol. The maximum Gasteiger partial charge on any atom is 0.225 e. The molecule has 0 unspecified atom stereocenters. The number of hydrogen-bond donors (Lipinski definition) is 0. The summed E-state index contributed by atoms with van der Waals surface area (Å²) in [7, 11) is 0. The van der Waals surface area contributed by atoms with Gasteiger partial charge in [0.05, 0.1) is 6.54 Å². The molecule has 0 atom stereocenters. The van der Waals surface area contributed by atoms with Gasteiger partial charge in [-0.2, -0.15) is 0 Å². The molecule has 1 aliphatic heterocycles. The van der Waals surface area contributed by atoms with Crippen LogP contribution in [-0.2, 0) is 4.79 Å². The molecule has 0 amide bonds. The molecule has 0 N–H and O–H groups in total. The van der Waals surface area contributed by atoms with E-state index < -0.39 is 0 Å².